The fourth-order valence-corrected chi connectivity index (χ4v) is 2.62. The first-order chi connectivity index (χ1) is 11.3. The van der Waals surface area contributed by atoms with Crippen LogP contribution in [0.1, 0.15) is 31.9 Å². The van der Waals surface area contributed by atoms with Crippen LogP contribution >= 0.6 is 24.8 Å². The highest BCUT2D eigenvalue weighted by Crippen LogP contribution is 2.24. The van der Waals surface area contributed by atoms with Crippen molar-refractivity contribution in [2.45, 2.75) is 33.6 Å². The predicted molar refractivity (Wildman–Crippen MR) is 110 cm³/mol. The van der Waals surface area contributed by atoms with Crippen molar-refractivity contribution in [1.29, 1.82) is 0 Å². The van der Waals surface area contributed by atoms with Crippen molar-refractivity contribution in [3.63, 3.8) is 0 Å². The van der Waals surface area contributed by atoms with Crippen LogP contribution in [0.4, 0.5) is 0 Å². The van der Waals surface area contributed by atoms with Crippen molar-refractivity contribution in [2.24, 2.45) is 11.1 Å². The lowest BCUT2D eigenvalue weighted by atomic mass is 9.93. The Bertz CT molecular complexity index is 687. The first-order valence-electron chi connectivity index (χ1n) is 8.28. The molecule has 7 heteroatoms. The predicted octanol–water partition coefficient (Wildman–Crippen LogP) is 3.87. The second-order valence-corrected chi connectivity index (χ2v) is 7.01. The number of amides is 1. The van der Waals surface area contributed by atoms with Crippen molar-refractivity contribution in [1.82, 2.24) is 9.88 Å². The van der Waals surface area contributed by atoms with Gasteiger partial charge in [-0.1, -0.05) is 44.2 Å². The highest BCUT2D eigenvalue weighted by atomic mass is 35.5. The molecule has 0 unspecified atom stereocenters. The maximum Gasteiger partial charge on any atom is 0.222 e. The fraction of sp³-hybridized carbons (Fsp3) is 0.474. The van der Waals surface area contributed by atoms with Gasteiger partial charge in [0.25, 0.3) is 0 Å². The topological polar surface area (TPSA) is 72.4 Å². The zero-order valence-corrected chi connectivity index (χ0v) is 17.5. The Hall–Kier alpha value is -1.56. The number of rotatable bonds is 7. The standard InChI is InChI=1S/C19H27N3O2.2ClH/c1-14-18(15-8-6-5-7-9-15)24-16(21-14)10-11-17(23)22(4)13-19(2,3)12-20;;/h5-9H,10-13,20H2,1-4H3;2*1H. The second-order valence-electron chi connectivity index (χ2n) is 7.01. The molecule has 1 aromatic heterocycles. The van der Waals surface area contributed by atoms with Gasteiger partial charge in [-0.3, -0.25) is 4.79 Å². The molecule has 0 spiro atoms. The summed E-state index contributed by atoms with van der Waals surface area (Å²) in [4.78, 5) is 18.5. The summed E-state index contributed by atoms with van der Waals surface area (Å²) >= 11 is 0. The third-order valence-electron chi connectivity index (χ3n) is 4.07. The van der Waals surface area contributed by atoms with E-state index in [1.54, 1.807) is 4.90 Å². The summed E-state index contributed by atoms with van der Waals surface area (Å²) in [6.45, 7) is 7.22. The van der Waals surface area contributed by atoms with Gasteiger partial charge in [-0.15, -0.1) is 24.8 Å². The van der Waals surface area contributed by atoms with E-state index in [0.29, 0.717) is 31.8 Å². The summed E-state index contributed by atoms with van der Waals surface area (Å²) < 4.78 is 5.85. The van der Waals surface area contributed by atoms with Crippen LogP contribution in [0.25, 0.3) is 11.3 Å². The number of halogens is 2. The molecule has 0 atom stereocenters. The summed E-state index contributed by atoms with van der Waals surface area (Å²) in [6, 6.07) is 9.88. The summed E-state index contributed by atoms with van der Waals surface area (Å²) in [5, 5.41) is 0. The maximum absolute atomic E-state index is 12.3. The van der Waals surface area contributed by atoms with Crippen LogP contribution in [0, 0.1) is 12.3 Å². The van der Waals surface area contributed by atoms with Crippen LogP contribution in [0.3, 0.4) is 0 Å². The number of hydrogen-bond donors (Lipinski definition) is 1. The van der Waals surface area contributed by atoms with E-state index in [1.165, 1.54) is 0 Å². The van der Waals surface area contributed by atoms with Crippen molar-refractivity contribution >= 4 is 30.7 Å². The van der Waals surface area contributed by atoms with Crippen LogP contribution in [0.5, 0.6) is 0 Å². The van der Waals surface area contributed by atoms with E-state index in [1.807, 2.05) is 44.3 Å². The van der Waals surface area contributed by atoms with Crippen LogP contribution < -0.4 is 5.73 Å². The maximum atomic E-state index is 12.3. The third kappa shape index (κ3) is 6.63. The van der Waals surface area contributed by atoms with Crippen molar-refractivity contribution in [2.75, 3.05) is 20.1 Å². The molecule has 0 fully saturated rings. The van der Waals surface area contributed by atoms with E-state index in [9.17, 15) is 4.79 Å². The number of aromatic nitrogens is 1. The monoisotopic (exact) mass is 401 g/mol. The van der Waals surface area contributed by atoms with Gasteiger partial charge in [-0.2, -0.15) is 0 Å². The van der Waals surface area contributed by atoms with Crippen molar-refractivity contribution in [3.8, 4) is 11.3 Å². The van der Waals surface area contributed by atoms with E-state index < -0.39 is 0 Å². The van der Waals surface area contributed by atoms with Crippen LogP contribution in [0.2, 0.25) is 0 Å². The summed E-state index contributed by atoms with van der Waals surface area (Å²) in [6.07, 6.45) is 0.880. The van der Waals surface area contributed by atoms with Gasteiger partial charge in [-0.05, 0) is 18.9 Å². The Kier molecular flexibility index (Phi) is 9.92. The molecule has 0 saturated carbocycles. The molecule has 0 radical (unpaired) electrons. The van der Waals surface area contributed by atoms with Gasteiger partial charge in [0.2, 0.25) is 5.91 Å². The molecule has 0 bridgehead atoms. The molecular weight excluding hydrogens is 373 g/mol. The Morgan fingerprint density at radius 2 is 1.85 bits per heavy atom. The summed E-state index contributed by atoms with van der Waals surface area (Å²) in [7, 11) is 1.82. The molecule has 0 aliphatic carbocycles. The van der Waals surface area contributed by atoms with Crippen molar-refractivity contribution < 1.29 is 9.21 Å². The number of benzene rings is 1. The lowest BCUT2D eigenvalue weighted by Crippen LogP contribution is -2.39. The molecule has 1 amide bonds. The molecular formula is C19H29Cl2N3O2. The van der Waals surface area contributed by atoms with E-state index in [2.05, 4.69) is 18.8 Å². The number of nitrogens with two attached hydrogens (primary N) is 1. The Morgan fingerprint density at radius 3 is 2.42 bits per heavy atom. The molecule has 146 valence electrons. The van der Waals surface area contributed by atoms with Crippen molar-refractivity contribution in [3.05, 3.63) is 41.9 Å². The van der Waals surface area contributed by atoms with Gasteiger partial charge < -0.3 is 15.1 Å². The SMILES string of the molecule is Cc1nc(CCC(=O)N(C)CC(C)(C)CN)oc1-c1ccccc1.Cl.Cl. The molecule has 2 rings (SSSR count). The molecule has 0 aliphatic rings. The number of oxazole rings is 1. The third-order valence-corrected chi connectivity index (χ3v) is 4.07. The lowest BCUT2D eigenvalue weighted by Gasteiger charge is -2.29. The second kappa shape index (κ2) is 10.6. The molecule has 0 saturated heterocycles. The Labute approximate surface area is 168 Å². The number of carbonyl (C=O) groups excluding carboxylic acids is 1. The van der Waals surface area contributed by atoms with E-state index in [0.717, 1.165) is 17.0 Å². The molecule has 1 aromatic carbocycles. The highest BCUT2D eigenvalue weighted by Gasteiger charge is 2.21. The van der Waals surface area contributed by atoms with Crippen LogP contribution in [-0.4, -0.2) is 35.9 Å². The first kappa shape index (κ1) is 24.4. The fourth-order valence-electron chi connectivity index (χ4n) is 2.62. The molecule has 1 heterocycles. The van der Waals surface area contributed by atoms with Gasteiger partial charge >= 0.3 is 0 Å². The summed E-state index contributed by atoms with van der Waals surface area (Å²) in [5.41, 5.74) is 7.50. The highest BCUT2D eigenvalue weighted by molar-refractivity contribution is 5.85. The molecule has 2 aromatic rings. The average Bonchev–Trinajstić information content (AvgIpc) is 2.94. The number of nitrogens with zero attached hydrogens (tertiary/aromatic N) is 2. The number of hydrogen-bond acceptors (Lipinski definition) is 4. The van der Waals surface area contributed by atoms with E-state index >= 15 is 0 Å². The minimum Gasteiger partial charge on any atom is -0.440 e. The molecule has 26 heavy (non-hydrogen) atoms. The average molecular weight is 402 g/mol. The number of carbonyl (C=O) groups is 1. The van der Waals surface area contributed by atoms with E-state index in [-0.39, 0.29) is 36.1 Å². The van der Waals surface area contributed by atoms with Gasteiger partial charge in [-0.25, -0.2) is 4.98 Å². The molecule has 2 N–H and O–H groups in total. The minimum absolute atomic E-state index is 0. The number of aryl methyl sites for hydroxylation is 2. The minimum atomic E-state index is -0.0790. The largest absolute Gasteiger partial charge is 0.440 e. The van der Waals surface area contributed by atoms with Gasteiger partial charge in [0.05, 0.1) is 5.69 Å². The lowest BCUT2D eigenvalue weighted by molar-refractivity contribution is -0.131. The van der Waals surface area contributed by atoms with Gasteiger partial charge in [0, 0.05) is 32.0 Å². The first-order valence-corrected chi connectivity index (χ1v) is 8.28. The Balaban J connectivity index is 0.00000312. The summed E-state index contributed by atoms with van der Waals surface area (Å²) in [5.74, 6) is 1.45. The molecule has 5 nitrogen and oxygen atoms in total. The quantitative estimate of drug-likeness (QED) is 0.763. The Morgan fingerprint density at radius 1 is 1.23 bits per heavy atom. The van der Waals surface area contributed by atoms with Crippen LogP contribution in [0.15, 0.2) is 34.7 Å². The zero-order valence-electron chi connectivity index (χ0n) is 15.8. The van der Waals surface area contributed by atoms with Crippen LogP contribution in [-0.2, 0) is 11.2 Å². The van der Waals surface area contributed by atoms with Gasteiger partial charge in [0.1, 0.15) is 0 Å². The normalized spacial score (nSPS) is 10.7. The van der Waals surface area contributed by atoms with E-state index in [4.69, 9.17) is 10.2 Å². The smallest absolute Gasteiger partial charge is 0.222 e. The zero-order chi connectivity index (χ0) is 17.7. The molecule has 0 aliphatic heterocycles. The van der Waals surface area contributed by atoms with Gasteiger partial charge in [0.15, 0.2) is 11.7 Å².